The lowest BCUT2D eigenvalue weighted by Crippen LogP contribution is -2.52. The Morgan fingerprint density at radius 3 is 1.96 bits per heavy atom. The molecule has 0 saturated heterocycles. The molecule has 0 aromatic heterocycles. The molecule has 0 radical (unpaired) electrons. The number of carbonyl (C=O) groups excluding carboxylic acids is 5. The Hall–Kier alpha value is -5.27. The van der Waals surface area contributed by atoms with Crippen molar-refractivity contribution in [2.24, 2.45) is 5.73 Å². The van der Waals surface area contributed by atoms with E-state index in [1.165, 1.54) is 0 Å². The van der Waals surface area contributed by atoms with Crippen LogP contribution in [0.25, 0.3) is 11.1 Å². The summed E-state index contributed by atoms with van der Waals surface area (Å²) in [4.78, 5) is 62.3. The van der Waals surface area contributed by atoms with E-state index in [4.69, 9.17) is 15.2 Å². The van der Waals surface area contributed by atoms with E-state index in [0.29, 0.717) is 6.54 Å². The second-order valence-corrected chi connectivity index (χ2v) is 10.4. The third-order valence-corrected chi connectivity index (χ3v) is 7.17. The van der Waals surface area contributed by atoms with Gasteiger partial charge in [0.25, 0.3) is 0 Å². The molecule has 0 bridgehead atoms. The highest BCUT2D eigenvalue weighted by Crippen LogP contribution is 2.44. The number of ether oxygens (including phenoxy) is 2. The largest absolute Gasteiger partial charge is 0.449 e. The number of rotatable bonds is 16. The standard InChI is InChI=1S/C33H38N6O7/c34-14-15-45-21-38-30(41)17-36-32(43)28(16-22-8-2-1-3-9-22)39-31(42)19-35-29(40)18-37-33(44)46-20-27-25-12-6-4-10-23(25)24-11-5-7-13-26(24)27/h1-13,27-28H,14-21,34H2,(H,35,40)(H,36,43)(H,37,44)(H,38,41)(H,39,42)/t28-/m0/s1. The van der Waals surface area contributed by atoms with Crippen molar-refractivity contribution in [3.05, 3.63) is 95.6 Å². The zero-order valence-corrected chi connectivity index (χ0v) is 25.3. The van der Waals surface area contributed by atoms with Gasteiger partial charge in [-0.15, -0.1) is 0 Å². The van der Waals surface area contributed by atoms with Crippen LogP contribution < -0.4 is 32.3 Å². The summed E-state index contributed by atoms with van der Waals surface area (Å²) in [6.45, 7) is -0.553. The average molecular weight is 631 g/mol. The molecule has 7 N–H and O–H groups in total. The molecule has 242 valence electrons. The second-order valence-electron chi connectivity index (χ2n) is 10.4. The van der Waals surface area contributed by atoms with Crippen molar-refractivity contribution in [1.29, 1.82) is 0 Å². The Kier molecular flexibility index (Phi) is 12.6. The lowest BCUT2D eigenvalue weighted by atomic mass is 9.98. The lowest BCUT2D eigenvalue weighted by molar-refractivity contribution is -0.131. The van der Waals surface area contributed by atoms with Crippen molar-refractivity contribution < 1.29 is 33.4 Å². The summed E-state index contributed by atoms with van der Waals surface area (Å²) in [6, 6.07) is 23.9. The van der Waals surface area contributed by atoms with Crippen LogP contribution >= 0.6 is 0 Å². The molecule has 0 spiro atoms. The molecule has 13 heteroatoms. The van der Waals surface area contributed by atoms with E-state index in [1.54, 1.807) is 24.3 Å². The highest BCUT2D eigenvalue weighted by molar-refractivity contribution is 5.92. The number of amides is 5. The molecule has 46 heavy (non-hydrogen) atoms. The maximum atomic E-state index is 12.9. The maximum Gasteiger partial charge on any atom is 0.407 e. The van der Waals surface area contributed by atoms with E-state index in [2.05, 4.69) is 26.6 Å². The minimum absolute atomic E-state index is 0.0497. The number of carbonyl (C=O) groups is 5. The zero-order valence-electron chi connectivity index (χ0n) is 25.3. The number of nitrogens with two attached hydrogens (primary N) is 1. The molecule has 3 aromatic carbocycles. The third-order valence-electron chi connectivity index (χ3n) is 7.17. The molecule has 1 aliphatic carbocycles. The summed E-state index contributed by atoms with van der Waals surface area (Å²) < 4.78 is 10.5. The maximum absolute atomic E-state index is 12.9. The quantitative estimate of drug-likeness (QED) is 0.0976. The molecule has 5 amide bonds. The van der Waals surface area contributed by atoms with Crippen LogP contribution in [-0.2, 0) is 35.1 Å². The van der Waals surface area contributed by atoms with Gasteiger partial charge in [0.05, 0.1) is 19.7 Å². The van der Waals surface area contributed by atoms with Crippen LogP contribution in [-0.4, -0.2) is 81.9 Å². The predicted octanol–water partition coefficient (Wildman–Crippen LogP) is 0.534. The normalized spacial score (nSPS) is 12.2. The summed E-state index contributed by atoms with van der Waals surface area (Å²) in [6.07, 6.45) is -0.618. The Bertz CT molecular complexity index is 1470. The van der Waals surface area contributed by atoms with Crippen LogP contribution in [0, 0.1) is 0 Å². The van der Waals surface area contributed by atoms with Crippen molar-refractivity contribution >= 4 is 29.7 Å². The molecule has 1 aliphatic rings. The number of alkyl carbamates (subject to hydrolysis) is 1. The molecule has 0 aliphatic heterocycles. The van der Waals surface area contributed by atoms with Crippen LogP contribution in [0.1, 0.15) is 22.6 Å². The van der Waals surface area contributed by atoms with Crippen molar-refractivity contribution in [3.8, 4) is 11.1 Å². The minimum atomic E-state index is -1.02. The second kappa shape index (κ2) is 17.3. The Balaban J connectivity index is 1.20. The van der Waals surface area contributed by atoms with Crippen LogP contribution in [0.15, 0.2) is 78.9 Å². The van der Waals surface area contributed by atoms with E-state index < -0.39 is 48.9 Å². The van der Waals surface area contributed by atoms with Gasteiger partial charge in [-0.05, 0) is 27.8 Å². The van der Waals surface area contributed by atoms with Crippen molar-refractivity contribution in [1.82, 2.24) is 26.6 Å². The van der Waals surface area contributed by atoms with Gasteiger partial charge in [-0.1, -0.05) is 78.9 Å². The van der Waals surface area contributed by atoms with Gasteiger partial charge in [0.15, 0.2) is 0 Å². The van der Waals surface area contributed by atoms with Gasteiger partial charge < -0.3 is 41.8 Å². The summed E-state index contributed by atoms with van der Waals surface area (Å²) in [5.41, 5.74) is 10.4. The van der Waals surface area contributed by atoms with Gasteiger partial charge >= 0.3 is 6.09 Å². The topological polar surface area (TPSA) is 190 Å². The van der Waals surface area contributed by atoms with Gasteiger partial charge in [-0.25, -0.2) is 4.79 Å². The third kappa shape index (κ3) is 9.87. The lowest BCUT2D eigenvalue weighted by Gasteiger charge is -2.19. The van der Waals surface area contributed by atoms with E-state index in [0.717, 1.165) is 27.8 Å². The number of hydrogen-bond donors (Lipinski definition) is 6. The fourth-order valence-electron chi connectivity index (χ4n) is 4.99. The highest BCUT2D eigenvalue weighted by Gasteiger charge is 2.29. The first-order valence-corrected chi connectivity index (χ1v) is 14.9. The molecule has 3 aromatic rings. The summed E-state index contributed by atoms with van der Waals surface area (Å²) >= 11 is 0. The van der Waals surface area contributed by atoms with E-state index in [-0.39, 0.29) is 38.8 Å². The van der Waals surface area contributed by atoms with Gasteiger partial charge in [-0.2, -0.15) is 0 Å². The zero-order chi connectivity index (χ0) is 32.7. The van der Waals surface area contributed by atoms with Gasteiger partial charge in [-0.3, -0.25) is 19.2 Å². The van der Waals surface area contributed by atoms with Crippen LogP contribution in [0.2, 0.25) is 0 Å². The van der Waals surface area contributed by atoms with E-state index in [9.17, 15) is 24.0 Å². The molecule has 0 heterocycles. The van der Waals surface area contributed by atoms with Crippen molar-refractivity contribution in [2.45, 2.75) is 18.4 Å². The van der Waals surface area contributed by atoms with Crippen molar-refractivity contribution in [2.75, 3.05) is 46.1 Å². The first-order chi connectivity index (χ1) is 22.4. The minimum Gasteiger partial charge on any atom is -0.449 e. The molecule has 1 atom stereocenters. The van der Waals surface area contributed by atoms with Crippen molar-refractivity contribution in [3.63, 3.8) is 0 Å². The highest BCUT2D eigenvalue weighted by atomic mass is 16.5. The fraction of sp³-hybridized carbons (Fsp3) is 0.303. The van der Waals surface area contributed by atoms with E-state index in [1.807, 2.05) is 54.6 Å². The molecule has 4 rings (SSSR count). The predicted molar refractivity (Wildman–Crippen MR) is 169 cm³/mol. The first kappa shape index (κ1) is 33.6. The van der Waals surface area contributed by atoms with Crippen LogP contribution in [0.5, 0.6) is 0 Å². The smallest absolute Gasteiger partial charge is 0.407 e. The number of nitrogens with one attached hydrogen (secondary N) is 5. The Morgan fingerprint density at radius 1 is 0.696 bits per heavy atom. The molecule has 0 unspecified atom stereocenters. The number of hydrogen-bond acceptors (Lipinski definition) is 8. The average Bonchev–Trinajstić information content (AvgIpc) is 3.40. The first-order valence-electron chi connectivity index (χ1n) is 14.9. The molecule has 0 saturated carbocycles. The van der Waals surface area contributed by atoms with Gasteiger partial charge in [0.1, 0.15) is 25.9 Å². The summed E-state index contributed by atoms with van der Waals surface area (Å²) in [5.74, 6) is -2.45. The summed E-state index contributed by atoms with van der Waals surface area (Å²) in [5, 5.41) is 12.4. The van der Waals surface area contributed by atoms with Gasteiger partial charge in [0, 0.05) is 18.9 Å². The van der Waals surface area contributed by atoms with Crippen LogP contribution in [0.3, 0.4) is 0 Å². The Morgan fingerprint density at radius 2 is 1.28 bits per heavy atom. The summed E-state index contributed by atoms with van der Waals surface area (Å²) in [7, 11) is 0. The fourth-order valence-corrected chi connectivity index (χ4v) is 4.99. The molecule has 0 fully saturated rings. The SMILES string of the molecule is NCCOCNC(=O)CNC(=O)[C@H](Cc1ccccc1)NC(=O)CNC(=O)CNC(=O)OCC1c2ccccc2-c2ccccc21. The van der Waals surface area contributed by atoms with E-state index >= 15 is 0 Å². The van der Waals surface area contributed by atoms with Crippen LogP contribution in [0.4, 0.5) is 4.79 Å². The molecular formula is C33H38N6O7. The number of fused-ring (bicyclic) bond motifs is 3. The number of benzene rings is 3. The molecular weight excluding hydrogens is 592 g/mol. The monoisotopic (exact) mass is 630 g/mol. The Labute approximate surface area is 266 Å². The molecule has 13 nitrogen and oxygen atoms in total. The van der Waals surface area contributed by atoms with Gasteiger partial charge in [0.2, 0.25) is 23.6 Å².